The van der Waals surface area contributed by atoms with Crippen molar-refractivity contribution in [1.82, 2.24) is 4.90 Å². The summed E-state index contributed by atoms with van der Waals surface area (Å²) >= 11 is 0. The average molecular weight is 293 g/mol. The molecule has 21 heavy (non-hydrogen) atoms. The van der Waals surface area contributed by atoms with Gasteiger partial charge in [-0.25, -0.2) is 4.79 Å². The topological polar surface area (TPSA) is 29.5 Å². The second-order valence-corrected chi connectivity index (χ2v) is 9.68. The molecule has 4 rings (SSSR count). The van der Waals surface area contributed by atoms with Crippen LogP contribution in [0.15, 0.2) is 0 Å². The number of nitrogens with zero attached hydrogens (tertiary/aromatic N) is 1. The van der Waals surface area contributed by atoms with Gasteiger partial charge in [0.05, 0.1) is 0 Å². The molecule has 0 radical (unpaired) electrons. The van der Waals surface area contributed by atoms with Crippen LogP contribution in [0.2, 0.25) is 0 Å². The quantitative estimate of drug-likeness (QED) is 0.653. The van der Waals surface area contributed by atoms with Crippen LogP contribution in [0.1, 0.15) is 73.6 Å². The van der Waals surface area contributed by atoms with Gasteiger partial charge < -0.3 is 9.64 Å². The molecule has 0 N–H and O–H groups in total. The Morgan fingerprint density at radius 1 is 1.00 bits per heavy atom. The van der Waals surface area contributed by atoms with E-state index in [4.69, 9.17) is 4.74 Å². The van der Waals surface area contributed by atoms with E-state index in [-0.39, 0.29) is 6.09 Å². The Kier molecular flexibility index (Phi) is 3.17. The molecule has 1 amide bonds. The van der Waals surface area contributed by atoms with E-state index >= 15 is 0 Å². The van der Waals surface area contributed by atoms with Crippen LogP contribution in [-0.4, -0.2) is 28.7 Å². The largest absolute Gasteiger partial charge is 0.444 e. The first-order valence-electron chi connectivity index (χ1n) is 8.52. The zero-order valence-corrected chi connectivity index (χ0v) is 14.5. The highest BCUT2D eigenvalue weighted by molar-refractivity contribution is 5.69. The summed E-state index contributed by atoms with van der Waals surface area (Å²) in [5.74, 6) is 0.820. The third kappa shape index (κ3) is 2.47. The van der Waals surface area contributed by atoms with E-state index in [0.29, 0.717) is 22.9 Å². The fraction of sp³-hybridized carbons (Fsp3) is 0.944. The van der Waals surface area contributed by atoms with E-state index in [1.165, 1.54) is 32.1 Å². The Morgan fingerprint density at radius 2 is 1.52 bits per heavy atom. The van der Waals surface area contributed by atoms with Gasteiger partial charge in [0, 0.05) is 12.1 Å². The third-order valence-electron chi connectivity index (χ3n) is 6.13. The lowest BCUT2D eigenvalue weighted by Gasteiger charge is -2.65. The molecule has 2 saturated carbocycles. The minimum atomic E-state index is -0.395. The molecule has 2 aliphatic heterocycles. The van der Waals surface area contributed by atoms with Crippen molar-refractivity contribution in [3.63, 3.8) is 0 Å². The average Bonchev–Trinajstić information content (AvgIpc) is 2.22. The monoisotopic (exact) mass is 293 g/mol. The van der Waals surface area contributed by atoms with Crippen LogP contribution in [0.25, 0.3) is 0 Å². The lowest BCUT2D eigenvalue weighted by Crippen LogP contribution is -2.66. The molecule has 4 aliphatic rings. The lowest BCUT2D eigenvalue weighted by atomic mass is 9.48. The van der Waals surface area contributed by atoms with E-state index < -0.39 is 5.60 Å². The van der Waals surface area contributed by atoms with E-state index in [1.807, 2.05) is 20.8 Å². The van der Waals surface area contributed by atoms with Crippen LogP contribution in [0.4, 0.5) is 4.79 Å². The van der Waals surface area contributed by atoms with Crippen LogP contribution < -0.4 is 0 Å². The van der Waals surface area contributed by atoms with Gasteiger partial charge in [0.15, 0.2) is 0 Å². The van der Waals surface area contributed by atoms with Gasteiger partial charge in [0.2, 0.25) is 0 Å². The highest BCUT2D eigenvalue weighted by Gasteiger charge is 2.59. The maximum Gasteiger partial charge on any atom is 0.410 e. The molecule has 2 unspecified atom stereocenters. The van der Waals surface area contributed by atoms with Crippen molar-refractivity contribution in [2.24, 2.45) is 16.7 Å². The highest BCUT2D eigenvalue weighted by Crippen LogP contribution is 2.62. The maximum atomic E-state index is 12.6. The summed E-state index contributed by atoms with van der Waals surface area (Å²) in [4.78, 5) is 14.7. The van der Waals surface area contributed by atoms with Gasteiger partial charge in [-0.3, -0.25) is 0 Å². The fourth-order valence-corrected chi connectivity index (χ4v) is 5.16. The summed E-state index contributed by atoms with van der Waals surface area (Å²) in [5, 5.41) is 0. The van der Waals surface area contributed by atoms with Gasteiger partial charge in [-0.05, 0) is 69.6 Å². The highest BCUT2D eigenvalue weighted by atomic mass is 16.6. The van der Waals surface area contributed by atoms with Crippen molar-refractivity contribution in [2.75, 3.05) is 0 Å². The molecule has 3 nitrogen and oxygen atoms in total. The SMILES string of the molecule is CC(C)(C)OC(=O)N1C2CC3CC1CC(C(C)(C)C)(C3)C2. The Morgan fingerprint density at radius 3 is 1.95 bits per heavy atom. The zero-order valence-electron chi connectivity index (χ0n) is 14.5. The van der Waals surface area contributed by atoms with E-state index in [0.717, 1.165) is 5.92 Å². The van der Waals surface area contributed by atoms with Crippen LogP contribution >= 0.6 is 0 Å². The molecule has 2 saturated heterocycles. The van der Waals surface area contributed by atoms with Crippen LogP contribution in [0.5, 0.6) is 0 Å². The normalized spacial score (nSPS) is 38.8. The number of amides is 1. The molecule has 2 aliphatic carbocycles. The molecule has 0 spiro atoms. The number of piperidine rings is 2. The minimum absolute atomic E-state index is 0.0830. The van der Waals surface area contributed by atoms with E-state index in [1.54, 1.807) is 0 Å². The predicted molar refractivity (Wildman–Crippen MR) is 84.1 cm³/mol. The summed E-state index contributed by atoms with van der Waals surface area (Å²) in [5.41, 5.74) is 0.373. The van der Waals surface area contributed by atoms with Gasteiger partial charge in [0.25, 0.3) is 0 Å². The number of ether oxygens (including phenoxy) is 1. The minimum Gasteiger partial charge on any atom is -0.444 e. The predicted octanol–water partition coefficient (Wildman–Crippen LogP) is 4.60. The van der Waals surface area contributed by atoms with Gasteiger partial charge >= 0.3 is 6.09 Å². The van der Waals surface area contributed by atoms with Crippen LogP contribution in [-0.2, 0) is 4.74 Å². The number of hydrogen-bond donors (Lipinski definition) is 0. The Hall–Kier alpha value is -0.730. The summed E-state index contributed by atoms with van der Waals surface area (Å²) < 4.78 is 5.67. The lowest BCUT2D eigenvalue weighted by molar-refractivity contribution is -0.145. The second-order valence-electron chi connectivity index (χ2n) is 9.68. The van der Waals surface area contributed by atoms with Crippen LogP contribution in [0, 0.1) is 16.7 Å². The van der Waals surface area contributed by atoms with Crippen molar-refractivity contribution in [3.8, 4) is 0 Å². The van der Waals surface area contributed by atoms with Crippen molar-refractivity contribution in [3.05, 3.63) is 0 Å². The van der Waals surface area contributed by atoms with Crippen molar-refractivity contribution in [2.45, 2.75) is 91.3 Å². The van der Waals surface area contributed by atoms with E-state index in [2.05, 4.69) is 25.7 Å². The Balaban J connectivity index is 1.82. The molecule has 4 bridgehead atoms. The molecule has 2 atom stereocenters. The first kappa shape index (κ1) is 15.2. The van der Waals surface area contributed by atoms with Gasteiger partial charge in [-0.15, -0.1) is 0 Å². The first-order chi connectivity index (χ1) is 9.51. The summed E-state index contributed by atoms with van der Waals surface area (Å²) in [6.45, 7) is 13.0. The molecule has 2 heterocycles. The molecule has 4 fully saturated rings. The number of rotatable bonds is 0. The molecule has 0 aromatic carbocycles. The number of carbonyl (C=O) groups is 1. The second kappa shape index (κ2) is 4.39. The van der Waals surface area contributed by atoms with Crippen molar-refractivity contribution in [1.29, 1.82) is 0 Å². The summed E-state index contributed by atoms with van der Waals surface area (Å²) in [6.07, 6.45) is 6.00. The van der Waals surface area contributed by atoms with Crippen molar-refractivity contribution >= 4 is 6.09 Å². The molecule has 3 heteroatoms. The maximum absolute atomic E-state index is 12.6. The van der Waals surface area contributed by atoms with E-state index in [9.17, 15) is 4.79 Å². The van der Waals surface area contributed by atoms with Gasteiger partial charge in [-0.2, -0.15) is 0 Å². The summed E-state index contributed by atoms with van der Waals surface area (Å²) in [7, 11) is 0. The zero-order chi connectivity index (χ0) is 15.6. The fourth-order valence-electron chi connectivity index (χ4n) is 5.16. The molecule has 120 valence electrons. The Bertz CT molecular complexity index is 427. The third-order valence-corrected chi connectivity index (χ3v) is 6.13. The molecule has 0 aromatic heterocycles. The standard InChI is InChI=1S/C18H31NO2/c1-16(2,3)18-9-12-7-13(10-18)19(14(8-12)11-18)15(20)21-17(4,5)6/h12-14H,7-11H2,1-6H3. The Labute approximate surface area is 129 Å². The summed E-state index contributed by atoms with van der Waals surface area (Å²) in [6, 6.07) is 0.815. The van der Waals surface area contributed by atoms with Crippen molar-refractivity contribution < 1.29 is 9.53 Å². The first-order valence-corrected chi connectivity index (χ1v) is 8.52. The van der Waals surface area contributed by atoms with Crippen LogP contribution in [0.3, 0.4) is 0 Å². The molecular weight excluding hydrogens is 262 g/mol. The van der Waals surface area contributed by atoms with Gasteiger partial charge in [-0.1, -0.05) is 20.8 Å². The smallest absolute Gasteiger partial charge is 0.410 e. The molecular formula is C18H31NO2. The number of hydrogen-bond acceptors (Lipinski definition) is 2. The molecule has 0 aromatic rings. The van der Waals surface area contributed by atoms with Gasteiger partial charge in [0.1, 0.15) is 5.60 Å². The number of carbonyl (C=O) groups excluding carboxylic acids is 1.